The van der Waals surface area contributed by atoms with Gasteiger partial charge in [-0.25, -0.2) is 9.97 Å². The van der Waals surface area contributed by atoms with Crippen molar-refractivity contribution in [3.8, 4) is 11.5 Å². The molecule has 1 aliphatic rings. The summed E-state index contributed by atoms with van der Waals surface area (Å²) in [6, 6.07) is 9.30. The molecule has 1 fully saturated rings. The second-order valence-electron chi connectivity index (χ2n) is 7.74. The average Bonchev–Trinajstić information content (AvgIpc) is 3.46. The Kier molecular flexibility index (Phi) is 5.32. The minimum atomic E-state index is -0.189. The molecule has 4 aromatic rings. The quantitative estimate of drug-likeness (QED) is 0.518. The lowest BCUT2D eigenvalue weighted by Gasteiger charge is -2.28. The van der Waals surface area contributed by atoms with Gasteiger partial charge in [-0.1, -0.05) is 0 Å². The number of nitrogens with one attached hydrogen (secondary N) is 1. The van der Waals surface area contributed by atoms with Crippen LogP contribution in [0.5, 0.6) is 0 Å². The number of hydrogen-bond acceptors (Lipinski definition) is 7. The van der Waals surface area contributed by atoms with Crippen molar-refractivity contribution in [1.82, 2.24) is 25.1 Å². The Morgan fingerprint density at radius 3 is 2.84 bits per heavy atom. The predicted octanol–water partition coefficient (Wildman–Crippen LogP) is 2.70. The first-order valence-corrected chi connectivity index (χ1v) is 10.5. The SMILES string of the molecule is Cc1nn(C)c2nc(-c3ccco3)cc(C(=O)NCc3ccnc(N4CCOCC4)c3)c12. The van der Waals surface area contributed by atoms with E-state index in [9.17, 15) is 4.79 Å². The van der Waals surface area contributed by atoms with Crippen LogP contribution in [0.2, 0.25) is 0 Å². The molecule has 1 amide bonds. The average molecular weight is 432 g/mol. The summed E-state index contributed by atoms with van der Waals surface area (Å²) in [6.07, 6.45) is 3.36. The summed E-state index contributed by atoms with van der Waals surface area (Å²) in [6.45, 7) is 5.29. The first-order valence-electron chi connectivity index (χ1n) is 10.5. The van der Waals surface area contributed by atoms with Crippen molar-refractivity contribution in [3.05, 3.63) is 59.6 Å². The van der Waals surface area contributed by atoms with Gasteiger partial charge in [0.25, 0.3) is 5.91 Å². The predicted molar refractivity (Wildman–Crippen MR) is 119 cm³/mol. The van der Waals surface area contributed by atoms with E-state index in [1.54, 1.807) is 29.3 Å². The molecule has 0 saturated carbocycles. The highest BCUT2D eigenvalue weighted by molar-refractivity contribution is 6.07. The molecule has 0 aromatic carbocycles. The van der Waals surface area contributed by atoms with Gasteiger partial charge in [0.1, 0.15) is 11.5 Å². The van der Waals surface area contributed by atoms with E-state index in [0.717, 1.165) is 35.6 Å². The summed E-state index contributed by atoms with van der Waals surface area (Å²) in [5, 5.41) is 8.24. The zero-order valence-corrected chi connectivity index (χ0v) is 18.0. The molecule has 0 spiro atoms. The van der Waals surface area contributed by atoms with Gasteiger partial charge in [-0.05, 0) is 42.8 Å². The van der Waals surface area contributed by atoms with Gasteiger partial charge in [0, 0.05) is 32.9 Å². The number of carbonyl (C=O) groups excluding carboxylic acids is 1. The molecule has 4 aromatic heterocycles. The molecule has 5 heterocycles. The van der Waals surface area contributed by atoms with E-state index in [4.69, 9.17) is 9.15 Å². The van der Waals surface area contributed by atoms with Gasteiger partial charge in [0.2, 0.25) is 0 Å². The van der Waals surface area contributed by atoms with Crippen LogP contribution in [-0.4, -0.2) is 52.0 Å². The molecule has 0 radical (unpaired) electrons. The molecule has 9 nitrogen and oxygen atoms in total. The lowest BCUT2D eigenvalue weighted by Crippen LogP contribution is -2.36. The number of morpholine rings is 1. The summed E-state index contributed by atoms with van der Waals surface area (Å²) in [4.78, 5) is 24.6. The molecule has 9 heteroatoms. The van der Waals surface area contributed by atoms with Crippen molar-refractivity contribution in [2.75, 3.05) is 31.2 Å². The van der Waals surface area contributed by atoms with Gasteiger partial charge in [0.05, 0.1) is 36.1 Å². The molecule has 1 aliphatic heterocycles. The fourth-order valence-electron chi connectivity index (χ4n) is 3.99. The maximum absolute atomic E-state index is 13.3. The fraction of sp³-hybridized carbons (Fsp3) is 0.304. The Morgan fingerprint density at radius 2 is 2.06 bits per heavy atom. The minimum absolute atomic E-state index is 0.189. The maximum Gasteiger partial charge on any atom is 0.252 e. The number of pyridine rings is 2. The van der Waals surface area contributed by atoms with Crippen molar-refractivity contribution in [2.45, 2.75) is 13.5 Å². The molecule has 0 unspecified atom stereocenters. The Hall–Kier alpha value is -3.72. The summed E-state index contributed by atoms with van der Waals surface area (Å²) < 4.78 is 12.6. The molecule has 1 saturated heterocycles. The number of aryl methyl sites for hydroxylation is 2. The number of nitrogens with zero attached hydrogens (tertiary/aromatic N) is 5. The van der Waals surface area contributed by atoms with Crippen LogP contribution >= 0.6 is 0 Å². The summed E-state index contributed by atoms with van der Waals surface area (Å²) in [5.41, 5.74) is 3.49. The third-order valence-electron chi connectivity index (χ3n) is 5.58. The van der Waals surface area contributed by atoms with E-state index in [1.165, 1.54) is 0 Å². The number of aromatic nitrogens is 4. The van der Waals surface area contributed by atoms with Crippen molar-refractivity contribution in [1.29, 1.82) is 0 Å². The van der Waals surface area contributed by atoms with Gasteiger partial charge in [0.15, 0.2) is 11.4 Å². The number of rotatable bonds is 5. The van der Waals surface area contributed by atoms with Crippen LogP contribution in [0.25, 0.3) is 22.5 Å². The Balaban J connectivity index is 1.42. The van der Waals surface area contributed by atoms with E-state index >= 15 is 0 Å². The molecule has 164 valence electrons. The van der Waals surface area contributed by atoms with E-state index in [-0.39, 0.29) is 5.91 Å². The normalized spacial score (nSPS) is 14.1. The highest BCUT2D eigenvalue weighted by Crippen LogP contribution is 2.27. The highest BCUT2D eigenvalue weighted by atomic mass is 16.5. The van der Waals surface area contributed by atoms with E-state index < -0.39 is 0 Å². The number of fused-ring (bicyclic) bond motifs is 1. The van der Waals surface area contributed by atoms with Crippen LogP contribution in [-0.2, 0) is 18.3 Å². The zero-order valence-electron chi connectivity index (χ0n) is 18.0. The Bertz CT molecular complexity index is 1260. The van der Waals surface area contributed by atoms with E-state index in [1.807, 2.05) is 32.2 Å². The number of carbonyl (C=O) groups is 1. The number of furan rings is 1. The number of amides is 1. The summed E-state index contributed by atoms with van der Waals surface area (Å²) in [7, 11) is 1.82. The second kappa shape index (κ2) is 8.43. The van der Waals surface area contributed by atoms with Crippen molar-refractivity contribution in [2.24, 2.45) is 7.05 Å². The van der Waals surface area contributed by atoms with Gasteiger partial charge < -0.3 is 19.4 Å². The summed E-state index contributed by atoms with van der Waals surface area (Å²) >= 11 is 0. The van der Waals surface area contributed by atoms with E-state index in [0.29, 0.717) is 42.4 Å². The summed E-state index contributed by atoms with van der Waals surface area (Å²) in [5.74, 6) is 1.31. The molecule has 5 rings (SSSR count). The second-order valence-corrected chi connectivity index (χ2v) is 7.74. The molecule has 0 bridgehead atoms. The minimum Gasteiger partial charge on any atom is -0.463 e. The Labute approximate surface area is 185 Å². The largest absolute Gasteiger partial charge is 0.463 e. The van der Waals surface area contributed by atoms with Crippen LogP contribution < -0.4 is 10.2 Å². The Morgan fingerprint density at radius 1 is 1.22 bits per heavy atom. The third-order valence-corrected chi connectivity index (χ3v) is 5.58. The van der Waals surface area contributed by atoms with Gasteiger partial charge in [-0.2, -0.15) is 5.10 Å². The van der Waals surface area contributed by atoms with Gasteiger partial charge >= 0.3 is 0 Å². The zero-order chi connectivity index (χ0) is 22.1. The third kappa shape index (κ3) is 3.82. The number of anilines is 1. The standard InChI is InChI=1S/C23H24N6O3/c1-15-21-17(13-18(19-4-3-9-32-19)26-22(21)28(2)27-15)23(30)25-14-16-5-6-24-20(12-16)29-7-10-31-11-8-29/h3-6,9,12-13H,7-8,10-11,14H2,1-2H3,(H,25,30). The van der Waals surface area contributed by atoms with Crippen LogP contribution in [0, 0.1) is 6.92 Å². The van der Waals surface area contributed by atoms with Gasteiger partial charge in [-0.3, -0.25) is 9.48 Å². The molecule has 32 heavy (non-hydrogen) atoms. The van der Waals surface area contributed by atoms with Crippen molar-refractivity contribution < 1.29 is 13.9 Å². The molecular weight excluding hydrogens is 408 g/mol. The van der Waals surface area contributed by atoms with Crippen LogP contribution in [0.15, 0.2) is 47.2 Å². The van der Waals surface area contributed by atoms with Gasteiger partial charge in [-0.15, -0.1) is 0 Å². The first kappa shape index (κ1) is 20.2. The topological polar surface area (TPSA) is 98.3 Å². The fourth-order valence-corrected chi connectivity index (χ4v) is 3.99. The maximum atomic E-state index is 13.3. The van der Waals surface area contributed by atoms with Crippen LogP contribution in [0.3, 0.4) is 0 Å². The van der Waals surface area contributed by atoms with E-state index in [2.05, 4.69) is 25.3 Å². The monoisotopic (exact) mass is 432 g/mol. The highest BCUT2D eigenvalue weighted by Gasteiger charge is 2.20. The molecule has 0 aliphatic carbocycles. The lowest BCUT2D eigenvalue weighted by atomic mass is 10.1. The lowest BCUT2D eigenvalue weighted by molar-refractivity contribution is 0.0952. The van der Waals surface area contributed by atoms with Crippen molar-refractivity contribution in [3.63, 3.8) is 0 Å². The van der Waals surface area contributed by atoms with Crippen LogP contribution in [0.1, 0.15) is 21.6 Å². The molecule has 1 N–H and O–H groups in total. The molecule has 0 atom stereocenters. The molecular formula is C23H24N6O3. The number of ether oxygens (including phenoxy) is 1. The smallest absolute Gasteiger partial charge is 0.252 e. The van der Waals surface area contributed by atoms with Crippen molar-refractivity contribution >= 4 is 22.8 Å². The van der Waals surface area contributed by atoms with Crippen LogP contribution in [0.4, 0.5) is 5.82 Å². The first-order chi connectivity index (χ1) is 15.6. The number of hydrogen-bond donors (Lipinski definition) is 1.